The normalized spacial score (nSPS) is 29.7. The zero-order valence-electron chi connectivity index (χ0n) is 8.37. The highest BCUT2D eigenvalue weighted by molar-refractivity contribution is 5.44. The van der Waals surface area contributed by atoms with Gasteiger partial charge in [0.05, 0.1) is 0 Å². The highest BCUT2D eigenvalue weighted by Gasteiger charge is 2.39. The maximum Gasteiger partial charge on any atom is 0.119 e. The Balaban J connectivity index is 2.05. The lowest BCUT2D eigenvalue weighted by Gasteiger charge is -2.14. The standard InChI is InChI=1S/C13H16O/c14-13-7-3-6-10-11(13)5-2-1-4-9-8-12(9)10/h3,6-7,9,12,14H,1-2,4-5,8H2. The van der Waals surface area contributed by atoms with Crippen LogP contribution in [0.2, 0.25) is 0 Å². The van der Waals surface area contributed by atoms with Crippen LogP contribution in [0.25, 0.3) is 0 Å². The maximum atomic E-state index is 9.81. The van der Waals surface area contributed by atoms with E-state index >= 15 is 0 Å². The van der Waals surface area contributed by atoms with Crippen LogP contribution in [-0.2, 0) is 6.42 Å². The number of hydrogen-bond donors (Lipinski definition) is 1. The first-order valence-electron chi connectivity index (χ1n) is 5.67. The molecule has 0 radical (unpaired) electrons. The van der Waals surface area contributed by atoms with E-state index in [0.29, 0.717) is 5.75 Å². The van der Waals surface area contributed by atoms with Crippen LogP contribution >= 0.6 is 0 Å². The molecule has 0 aliphatic heterocycles. The van der Waals surface area contributed by atoms with Crippen molar-refractivity contribution in [1.29, 1.82) is 0 Å². The van der Waals surface area contributed by atoms with Crippen molar-refractivity contribution in [3.63, 3.8) is 0 Å². The summed E-state index contributed by atoms with van der Waals surface area (Å²) in [5, 5.41) is 9.81. The molecule has 2 aliphatic rings. The number of rotatable bonds is 0. The van der Waals surface area contributed by atoms with Crippen molar-refractivity contribution >= 4 is 0 Å². The van der Waals surface area contributed by atoms with Gasteiger partial charge in [-0.25, -0.2) is 0 Å². The quantitative estimate of drug-likeness (QED) is 0.662. The first-order valence-corrected chi connectivity index (χ1v) is 5.67. The monoisotopic (exact) mass is 188 g/mol. The fraction of sp³-hybridized carbons (Fsp3) is 0.538. The molecule has 0 amide bonds. The summed E-state index contributed by atoms with van der Waals surface area (Å²) in [6.07, 6.45) is 6.42. The summed E-state index contributed by atoms with van der Waals surface area (Å²) in [7, 11) is 0. The van der Waals surface area contributed by atoms with Crippen molar-refractivity contribution in [2.24, 2.45) is 5.92 Å². The van der Waals surface area contributed by atoms with Crippen LogP contribution in [-0.4, -0.2) is 5.11 Å². The summed E-state index contributed by atoms with van der Waals surface area (Å²) in [4.78, 5) is 0. The second-order valence-electron chi connectivity index (χ2n) is 4.69. The molecule has 0 heterocycles. The zero-order valence-corrected chi connectivity index (χ0v) is 8.37. The SMILES string of the molecule is Oc1cccc2c1CCCCC1CC21. The summed E-state index contributed by atoms with van der Waals surface area (Å²) in [5.41, 5.74) is 2.68. The molecule has 1 saturated carbocycles. The number of aromatic hydroxyl groups is 1. The van der Waals surface area contributed by atoms with E-state index in [1.165, 1.54) is 36.8 Å². The molecule has 1 fully saturated rings. The molecule has 2 unspecified atom stereocenters. The molecule has 2 aliphatic carbocycles. The number of phenols is 1. The van der Waals surface area contributed by atoms with Gasteiger partial charge >= 0.3 is 0 Å². The van der Waals surface area contributed by atoms with Gasteiger partial charge in [-0.15, -0.1) is 0 Å². The molecule has 14 heavy (non-hydrogen) atoms. The molecule has 1 heteroatoms. The smallest absolute Gasteiger partial charge is 0.119 e. The predicted molar refractivity (Wildman–Crippen MR) is 56.5 cm³/mol. The molecule has 1 aromatic rings. The average molecular weight is 188 g/mol. The second kappa shape index (κ2) is 3.01. The molecule has 1 N–H and O–H groups in total. The minimum Gasteiger partial charge on any atom is -0.508 e. The van der Waals surface area contributed by atoms with Gasteiger partial charge in [-0.3, -0.25) is 0 Å². The van der Waals surface area contributed by atoms with E-state index in [1.54, 1.807) is 0 Å². The van der Waals surface area contributed by atoms with Crippen molar-refractivity contribution in [3.8, 4) is 5.75 Å². The van der Waals surface area contributed by atoms with E-state index in [-0.39, 0.29) is 0 Å². The highest BCUT2D eigenvalue weighted by Crippen LogP contribution is 2.53. The third-order valence-corrected chi connectivity index (χ3v) is 3.76. The number of hydrogen-bond acceptors (Lipinski definition) is 1. The zero-order chi connectivity index (χ0) is 9.54. The maximum absolute atomic E-state index is 9.81. The number of benzene rings is 1. The Morgan fingerprint density at radius 1 is 1.21 bits per heavy atom. The van der Waals surface area contributed by atoms with Gasteiger partial charge in [0.1, 0.15) is 5.75 Å². The van der Waals surface area contributed by atoms with Gasteiger partial charge in [-0.1, -0.05) is 18.6 Å². The minimum absolute atomic E-state index is 0.523. The molecule has 0 aromatic heterocycles. The van der Waals surface area contributed by atoms with Gasteiger partial charge in [0.15, 0.2) is 0 Å². The fourth-order valence-electron chi connectivity index (χ4n) is 2.87. The largest absolute Gasteiger partial charge is 0.508 e. The van der Waals surface area contributed by atoms with Crippen molar-refractivity contribution in [1.82, 2.24) is 0 Å². The Morgan fingerprint density at radius 3 is 3.07 bits per heavy atom. The third-order valence-electron chi connectivity index (χ3n) is 3.76. The molecule has 3 rings (SSSR count). The summed E-state index contributed by atoms with van der Waals surface area (Å²) in [5.74, 6) is 2.23. The molecule has 0 bridgehead atoms. The van der Waals surface area contributed by atoms with Crippen LogP contribution in [0.1, 0.15) is 42.7 Å². The van der Waals surface area contributed by atoms with E-state index in [0.717, 1.165) is 18.3 Å². The van der Waals surface area contributed by atoms with E-state index < -0.39 is 0 Å². The van der Waals surface area contributed by atoms with Crippen molar-refractivity contribution in [2.45, 2.75) is 38.0 Å². The minimum atomic E-state index is 0.523. The first kappa shape index (κ1) is 8.34. The molecule has 2 atom stereocenters. The van der Waals surface area contributed by atoms with E-state index in [4.69, 9.17) is 0 Å². The summed E-state index contributed by atoms with van der Waals surface area (Å²) in [6.45, 7) is 0. The van der Waals surface area contributed by atoms with Crippen molar-refractivity contribution in [3.05, 3.63) is 29.3 Å². The van der Waals surface area contributed by atoms with E-state index in [2.05, 4.69) is 6.07 Å². The Morgan fingerprint density at radius 2 is 2.14 bits per heavy atom. The number of fused-ring (bicyclic) bond motifs is 3. The van der Waals surface area contributed by atoms with Crippen LogP contribution < -0.4 is 0 Å². The predicted octanol–water partition coefficient (Wildman–Crippen LogP) is 3.22. The van der Waals surface area contributed by atoms with Crippen LogP contribution in [0.15, 0.2) is 18.2 Å². The lowest BCUT2D eigenvalue weighted by molar-refractivity contribution is 0.462. The fourth-order valence-corrected chi connectivity index (χ4v) is 2.87. The van der Waals surface area contributed by atoms with Gasteiger partial charge < -0.3 is 5.11 Å². The molecular weight excluding hydrogens is 172 g/mol. The molecule has 0 spiro atoms. The highest BCUT2D eigenvalue weighted by atomic mass is 16.3. The van der Waals surface area contributed by atoms with E-state index in [9.17, 15) is 5.11 Å². The van der Waals surface area contributed by atoms with Gasteiger partial charge in [0.25, 0.3) is 0 Å². The summed E-state index contributed by atoms with van der Waals surface area (Å²) < 4.78 is 0. The molecule has 1 nitrogen and oxygen atoms in total. The second-order valence-corrected chi connectivity index (χ2v) is 4.69. The van der Waals surface area contributed by atoms with Crippen molar-refractivity contribution < 1.29 is 5.11 Å². The topological polar surface area (TPSA) is 20.2 Å². The van der Waals surface area contributed by atoms with Crippen molar-refractivity contribution in [2.75, 3.05) is 0 Å². The molecule has 1 aromatic carbocycles. The average Bonchev–Trinajstić information content (AvgIpc) is 2.89. The Hall–Kier alpha value is -0.980. The Bertz CT molecular complexity index is 356. The van der Waals surface area contributed by atoms with Crippen LogP contribution in [0.4, 0.5) is 0 Å². The van der Waals surface area contributed by atoms with E-state index in [1.807, 2.05) is 12.1 Å². The van der Waals surface area contributed by atoms with Crippen LogP contribution in [0.5, 0.6) is 5.75 Å². The first-order chi connectivity index (χ1) is 6.86. The van der Waals surface area contributed by atoms with Gasteiger partial charge in [-0.2, -0.15) is 0 Å². The van der Waals surface area contributed by atoms with Gasteiger partial charge in [-0.05, 0) is 54.7 Å². The van der Waals surface area contributed by atoms with Crippen LogP contribution in [0, 0.1) is 5.92 Å². The molecule has 0 saturated heterocycles. The summed E-state index contributed by atoms with van der Waals surface area (Å²) in [6, 6.07) is 6.04. The third kappa shape index (κ3) is 1.23. The van der Waals surface area contributed by atoms with Gasteiger partial charge in [0.2, 0.25) is 0 Å². The lowest BCUT2D eigenvalue weighted by atomic mass is 9.93. The Labute approximate surface area is 84.8 Å². The lowest BCUT2D eigenvalue weighted by Crippen LogP contribution is -1.98. The van der Waals surface area contributed by atoms with Crippen LogP contribution in [0.3, 0.4) is 0 Å². The summed E-state index contributed by atoms with van der Waals surface area (Å²) >= 11 is 0. The Kier molecular flexibility index (Phi) is 1.79. The number of phenolic OH excluding ortho intramolecular Hbond substituents is 1. The molecular formula is C13H16O. The molecule has 74 valence electrons. The van der Waals surface area contributed by atoms with Gasteiger partial charge in [0, 0.05) is 0 Å².